The van der Waals surface area contributed by atoms with E-state index in [0.717, 1.165) is 5.92 Å². The fourth-order valence-corrected chi connectivity index (χ4v) is 5.17. The predicted octanol–water partition coefficient (Wildman–Crippen LogP) is 5.47. The number of hydrogen-bond acceptors (Lipinski definition) is 1. The highest BCUT2D eigenvalue weighted by molar-refractivity contribution is 5.41. The van der Waals surface area contributed by atoms with Crippen LogP contribution in [-0.4, -0.2) is 5.54 Å². The monoisotopic (exact) mass is 289 g/mol. The average molecular weight is 290 g/mol. The molecule has 2 N–H and O–H groups in total. The summed E-state index contributed by atoms with van der Waals surface area (Å²) in [6, 6.07) is 0. The normalized spacial score (nSPS) is 34.7. The van der Waals surface area contributed by atoms with Crippen molar-refractivity contribution in [1.82, 2.24) is 0 Å². The van der Waals surface area contributed by atoms with E-state index in [1.165, 1.54) is 37.7 Å². The van der Waals surface area contributed by atoms with E-state index in [9.17, 15) is 0 Å². The molecule has 2 atom stereocenters. The molecule has 0 aromatic carbocycles. The molecule has 1 fully saturated rings. The van der Waals surface area contributed by atoms with Crippen molar-refractivity contribution in [2.24, 2.45) is 28.4 Å². The van der Waals surface area contributed by atoms with Crippen molar-refractivity contribution >= 4 is 0 Å². The number of rotatable bonds is 1. The molecule has 1 heteroatoms. The van der Waals surface area contributed by atoms with Crippen LogP contribution >= 0.6 is 0 Å². The van der Waals surface area contributed by atoms with E-state index in [0.29, 0.717) is 5.92 Å². The predicted molar refractivity (Wildman–Crippen MR) is 93.1 cm³/mol. The molecule has 0 radical (unpaired) electrons. The van der Waals surface area contributed by atoms with Gasteiger partial charge in [0.15, 0.2) is 0 Å². The van der Waals surface area contributed by atoms with Gasteiger partial charge in [-0.1, -0.05) is 72.1 Å². The van der Waals surface area contributed by atoms with Crippen LogP contribution in [0.15, 0.2) is 23.8 Å². The van der Waals surface area contributed by atoms with Gasteiger partial charge in [-0.3, -0.25) is 0 Å². The molecular formula is C20H35N. The molecule has 0 amide bonds. The maximum Gasteiger partial charge on any atom is 0.0531 e. The Morgan fingerprint density at radius 3 is 2.10 bits per heavy atom. The van der Waals surface area contributed by atoms with Crippen molar-refractivity contribution in [1.29, 1.82) is 0 Å². The quantitative estimate of drug-likeness (QED) is 0.636. The first kappa shape index (κ1) is 16.8. The lowest BCUT2D eigenvalue weighted by molar-refractivity contribution is 0.114. The van der Waals surface area contributed by atoms with E-state index in [4.69, 9.17) is 5.73 Å². The van der Waals surface area contributed by atoms with Crippen molar-refractivity contribution < 1.29 is 0 Å². The van der Waals surface area contributed by atoms with Gasteiger partial charge in [0, 0.05) is 0 Å². The van der Waals surface area contributed by atoms with E-state index in [1.807, 2.05) is 0 Å². The number of allylic oxidation sites excluding steroid dienone is 1. The summed E-state index contributed by atoms with van der Waals surface area (Å²) < 4.78 is 0. The zero-order valence-electron chi connectivity index (χ0n) is 15.1. The summed E-state index contributed by atoms with van der Waals surface area (Å²) in [6.45, 7) is 18.4. The van der Waals surface area contributed by atoms with Gasteiger partial charge in [0.1, 0.15) is 0 Å². The topological polar surface area (TPSA) is 26.0 Å². The highest BCUT2D eigenvalue weighted by atomic mass is 14.8. The van der Waals surface area contributed by atoms with Gasteiger partial charge in [0.25, 0.3) is 0 Å². The fourth-order valence-electron chi connectivity index (χ4n) is 5.17. The molecule has 0 spiro atoms. The van der Waals surface area contributed by atoms with Crippen molar-refractivity contribution in [2.45, 2.75) is 79.2 Å². The Kier molecular flexibility index (Phi) is 4.21. The highest BCUT2D eigenvalue weighted by Crippen LogP contribution is 2.56. The molecule has 2 unspecified atom stereocenters. The molecule has 0 aliphatic heterocycles. The highest BCUT2D eigenvalue weighted by Gasteiger charge is 2.50. The van der Waals surface area contributed by atoms with Gasteiger partial charge in [-0.05, 0) is 48.0 Å². The van der Waals surface area contributed by atoms with Crippen LogP contribution in [0.3, 0.4) is 0 Å². The molecule has 120 valence electrons. The maximum absolute atomic E-state index is 6.62. The van der Waals surface area contributed by atoms with Gasteiger partial charge >= 0.3 is 0 Å². The molecule has 2 aliphatic carbocycles. The molecule has 0 bridgehead atoms. The van der Waals surface area contributed by atoms with Gasteiger partial charge in [-0.2, -0.15) is 0 Å². The molecular weight excluding hydrogens is 254 g/mol. The molecule has 21 heavy (non-hydrogen) atoms. The Morgan fingerprint density at radius 2 is 1.62 bits per heavy atom. The maximum atomic E-state index is 6.62. The summed E-state index contributed by atoms with van der Waals surface area (Å²) in [4.78, 5) is 0. The number of hydrogen-bond donors (Lipinski definition) is 1. The van der Waals surface area contributed by atoms with Crippen molar-refractivity contribution in [3.05, 3.63) is 23.8 Å². The van der Waals surface area contributed by atoms with Crippen molar-refractivity contribution in [2.75, 3.05) is 0 Å². The summed E-state index contributed by atoms with van der Waals surface area (Å²) >= 11 is 0. The average Bonchev–Trinajstić information content (AvgIpc) is 2.34. The minimum atomic E-state index is -0.363. The first-order valence-corrected chi connectivity index (χ1v) is 8.69. The minimum Gasteiger partial charge on any atom is -0.319 e. The van der Waals surface area contributed by atoms with E-state index in [-0.39, 0.29) is 16.4 Å². The lowest BCUT2D eigenvalue weighted by Gasteiger charge is -2.54. The minimum absolute atomic E-state index is 0.0588. The summed E-state index contributed by atoms with van der Waals surface area (Å²) in [5.41, 5.74) is 9.38. The Bertz CT molecular complexity index is 439. The molecule has 1 saturated carbocycles. The third-order valence-electron chi connectivity index (χ3n) is 5.89. The first-order chi connectivity index (χ1) is 9.48. The second kappa shape index (κ2) is 5.26. The fraction of sp³-hybridized carbons (Fsp3) is 0.800. The molecule has 1 nitrogen and oxygen atoms in total. The Labute approximate surface area is 132 Å². The van der Waals surface area contributed by atoms with E-state index < -0.39 is 0 Å². The first-order valence-electron chi connectivity index (χ1n) is 8.69. The second-order valence-electron chi connectivity index (χ2n) is 9.26. The van der Waals surface area contributed by atoms with E-state index >= 15 is 0 Å². The van der Waals surface area contributed by atoms with Crippen LogP contribution < -0.4 is 5.73 Å². The Balaban J connectivity index is 2.53. The zero-order chi connectivity index (χ0) is 16.1. The van der Waals surface area contributed by atoms with Gasteiger partial charge < -0.3 is 5.73 Å². The molecule has 2 rings (SSSR count). The van der Waals surface area contributed by atoms with Crippen LogP contribution in [0.25, 0.3) is 0 Å². The van der Waals surface area contributed by atoms with Gasteiger partial charge in [0.05, 0.1) is 5.54 Å². The Morgan fingerprint density at radius 1 is 1.10 bits per heavy atom. The standard InChI is InChI=1S/C20H35N/c1-14-19(5,6)17(18(2,3)4)16(13-20(14,7)21)15-11-9-8-10-12-15/h13,15,17H,1,8-12,21H2,2-7H3. The molecule has 0 aromatic heterocycles. The molecule has 0 heterocycles. The van der Waals surface area contributed by atoms with Crippen LogP contribution in [0.4, 0.5) is 0 Å². The number of nitrogens with two attached hydrogens (primary N) is 1. The Hall–Kier alpha value is -0.560. The van der Waals surface area contributed by atoms with Crippen LogP contribution in [0, 0.1) is 22.7 Å². The van der Waals surface area contributed by atoms with Gasteiger partial charge in [0.2, 0.25) is 0 Å². The smallest absolute Gasteiger partial charge is 0.0531 e. The lowest BCUT2D eigenvalue weighted by Crippen LogP contribution is -2.52. The third kappa shape index (κ3) is 2.99. The molecule has 0 aromatic rings. The molecule has 2 aliphatic rings. The van der Waals surface area contributed by atoms with Crippen LogP contribution in [0.5, 0.6) is 0 Å². The van der Waals surface area contributed by atoms with Crippen molar-refractivity contribution in [3.8, 4) is 0 Å². The van der Waals surface area contributed by atoms with Crippen LogP contribution in [0.2, 0.25) is 0 Å². The summed E-state index contributed by atoms with van der Waals surface area (Å²) in [5.74, 6) is 1.27. The van der Waals surface area contributed by atoms with Gasteiger partial charge in [-0.15, -0.1) is 0 Å². The summed E-state index contributed by atoms with van der Waals surface area (Å²) in [5, 5.41) is 0. The second-order valence-corrected chi connectivity index (χ2v) is 9.26. The van der Waals surface area contributed by atoms with E-state index in [1.54, 1.807) is 5.57 Å². The lowest BCUT2D eigenvalue weighted by atomic mass is 9.51. The summed E-state index contributed by atoms with van der Waals surface area (Å²) in [6.07, 6.45) is 9.23. The van der Waals surface area contributed by atoms with Crippen LogP contribution in [0.1, 0.15) is 73.6 Å². The van der Waals surface area contributed by atoms with Crippen LogP contribution in [-0.2, 0) is 0 Å². The van der Waals surface area contributed by atoms with Gasteiger partial charge in [-0.25, -0.2) is 0 Å². The third-order valence-corrected chi connectivity index (χ3v) is 5.89. The summed E-state index contributed by atoms with van der Waals surface area (Å²) in [7, 11) is 0. The van der Waals surface area contributed by atoms with Crippen molar-refractivity contribution in [3.63, 3.8) is 0 Å². The molecule has 0 saturated heterocycles. The zero-order valence-corrected chi connectivity index (χ0v) is 15.1. The van der Waals surface area contributed by atoms with E-state index in [2.05, 4.69) is 54.2 Å². The SMILES string of the molecule is C=C1C(C)(N)C=C(C2CCCCC2)C(C(C)(C)C)C1(C)C. The largest absolute Gasteiger partial charge is 0.319 e.